The molecule has 0 amide bonds. The van der Waals surface area contributed by atoms with Crippen LogP contribution in [-0.2, 0) is 14.4 Å². The molecule has 0 radical (unpaired) electrons. The van der Waals surface area contributed by atoms with E-state index >= 15 is 0 Å². The molecule has 6 nitrogen and oxygen atoms in total. The maximum Gasteiger partial charge on any atom is 3.00 e. The molecule has 0 heterocycles. The van der Waals surface area contributed by atoms with Crippen molar-refractivity contribution in [2.75, 3.05) is 0 Å². The summed E-state index contributed by atoms with van der Waals surface area (Å²) in [4.78, 5) is 34.3. The summed E-state index contributed by atoms with van der Waals surface area (Å²) in [5.74, 6) is -0.110. The van der Waals surface area contributed by atoms with Gasteiger partial charge in [0, 0.05) is 0 Å². The van der Waals surface area contributed by atoms with Crippen molar-refractivity contribution in [3.63, 3.8) is 0 Å². The quantitative estimate of drug-likeness (QED) is 0.0461. The standard InChI is InChI=1S/3C18H32O2.Al/c3*1-13(2)8-7-9-16(11-10-14(3)4)17(18(19)20)12-15(5)6;/h3*8,14-15H,7,9-12H2,1-6H3,(H,19,20);/q;;;+3/p-3/b3*17-16-;. The molecule has 61 heavy (non-hydrogen) atoms. The summed E-state index contributed by atoms with van der Waals surface area (Å²) >= 11 is 0. The summed E-state index contributed by atoms with van der Waals surface area (Å²) in [6, 6.07) is 0. The van der Waals surface area contributed by atoms with Crippen molar-refractivity contribution in [1.29, 1.82) is 0 Å². The molecule has 0 aliphatic rings. The number of carboxylic acid groups (broad SMARTS) is 3. The molecule has 7 heteroatoms. The monoisotopic (exact) mass is 865 g/mol. The first-order chi connectivity index (χ1) is 27.7. The average molecular weight is 865 g/mol. The number of rotatable bonds is 27. The van der Waals surface area contributed by atoms with Crippen molar-refractivity contribution in [3.8, 4) is 0 Å². The molecule has 0 aromatic heterocycles. The van der Waals surface area contributed by atoms with Crippen LogP contribution in [0.5, 0.6) is 0 Å². The van der Waals surface area contributed by atoms with Crippen molar-refractivity contribution < 1.29 is 29.7 Å². The summed E-state index contributed by atoms with van der Waals surface area (Å²) in [5, 5.41) is 34.3. The third-order valence-electron chi connectivity index (χ3n) is 9.92. The van der Waals surface area contributed by atoms with Gasteiger partial charge in [0.2, 0.25) is 0 Å². The van der Waals surface area contributed by atoms with E-state index in [9.17, 15) is 29.7 Å². The predicted octanol–water partition coefficient (Wildman–Crippen LogP) is 12.4. The number of carbonyl (C=O) groups is 3. The second-order valence-electron chi connectivity index (χ2n) is 20.2. The van der Waals surface area contributed by atoms with E-state index in [1.165, 1.54) is 16.7 Å². The normalized spacial score (nSPS) is 12.4. The molecule has 0 bridgehead atoms. The first kappa shape index (κ1) is 65.0. The minimum Gasteiger partial charge on any atom is -0.545 e. The number of aliphatic carboxylic acids is 3. The minimum absolute atomic E-state index is 0. The third-order valence-corrected chi connectivity index (χ3v) is 9.92. The molecule has 348 valence electrons. The zero-order chi connectivity index (χ0) is 47.1. The van der Waals surface area contributed by atoms with Crippen molar-refractivity contribution in [2.45, 2.75) is 221 Å². The summed E-state index contributed by atoms with van der Waals surface area (Å²) in [5.41, 5.74) is 8.75. The van der Waals surface area contributed by atoms with Gasteiger partial charge in [0.1, 0.15) is 0 Å². The summed E-state index contributed by atoms with van der Waals surface area (Å²) in [6.45, 7) is 37.8. The zero-order valence-corrected chi connectivity index (χ0v) is 44.0. The van der Waals surface area contributed by atoms with E-state index < -0.39 is 17.9 Å². The van der Waals surface area contributed by atoms with Crippen molar-refractivity contribution >= 4 is 35.3 Å². The smallest absolute Gasteiger partial charge is 0.545 e. The van der Waals surface area contributed by atoms with Crippen LogP contribution in [-0.4, -0.2) is 35.3 Å². The van der Waals surface area contributed by atoms with E-state index in [4.69, 9.17) is 0 Å². The Bertz CT molecular complexity index is 1250. The SMILES string of the molecule is CC(C)=CCC/C(CCC(C)C)=C(\CC(C)C)C(=O)[O-].CC(C)=CCC/C(CCC(C)C)=C(\CC(C)C)C(=O)[O-].CC(C)=CCC/C(CCC(C)C)=C(\CC(C)C)C(=O)[O-].[Al+3]. The van der Waals surface area contributed by atoms with Crippen LogP contribution in [0.25, 0.3) is 0 Å². The second-order valence-corrected chi connectivity index (χ2v) is 20.2. The maximum atomic E-state index is 11.4. The van der Waals surface area contributed by atoms with Gasteiger partial charge < -0.3 is 29.7 Å². The fraction of sp³-hybridized carbons (Fsp3) is 0.722. The first-order valence-corrected chi connectivity index (χ1v) is 23.4. The van der Waals surface area contributed by atoms with Crippen molar-refractivity contribution in [1.82, 2.24) is 0 Å². The molecule has 0 fully saturated rings. The molecule has 0 aromatic rings. The first-order valence-electron chi connectivity index (χ1n) is 23.4. The van der Waals surface area contributed by atoms with Gasteiger partial charge in [0.05, 0.1) is 17.9 Å². The van der Waals surface area contributed by atoms with E-state index in [0.717, 1.165) is 93.8 Å². The van der Waals surface area contributed by atoms with Gasteiger partial charge in [0.25, 0.3) is 0 Å². The van der Waals surface area contributed by atoms with Gasteiger partial charge in [-0.3, -0.25) is 0 Å². The number of carboxylic acids is 3. The Morgan fingerprint density at radius 1 is 0.361 bits per heavy atom. The fourth-order valence-corrected chi connectivity index (χ4v) is 6.62. The van der Waals surface area contributed by atoms with Gasteiger partial charge in [-0.25, -0.2) is 0 Å². The Kier molecular flexibility index (Phi) is 40.4. The molecule has 0 unspecified atom stereocenters. The van der Waals surface area contributed by atoms with E-state index in [-0.39, 0.29) is 17.4 Å². The van der Waals surface area contributed by atoms with Crippen LogP contribution in [0.2, 0.25) is 0 Å². The van der Waals surface area contributed by atoms with Gasteiger partial charge in [-0.15, -0.1) is 0 Å². The van der Waals surface area contributed by atoms with Crippen LogP contribution in [0.1, 0.15) is 221 Å². The van der Waals surface area contributed by atoms with Crippen LogP contribution in [0.15, 0.2) is 68.4 Å². The topological polar surface area (TPSA) is 120 Å². The number of hydrogen-bond donors (Lipinski definition) is 0. The average Bonchev–Trinajstić information content (AvgIpc) is 3.09. The molecular formula is C54H93AlO6. The molecule has 0 aliphatic heterocycles. The molecule has 0 atom stereocenters. The maximum absolute atomic E-state index is 11.4. The summed E-state index contributed by atoms with van der Waals surface area (Å²) < 4.78 is 0. The molecule has 0 aromatic carbocycles. The van der Waals surface area contributed by atoms with E-state index in [1.807, 2.05) is 0 Å². The molecule has 0 spiro atoms. The predicted molar refractivity (Wildman–Crippen MR) is 258 cm³/mol. The van der Waals surface area contributed by atoms with E-state index in [2.05, 4.69) is 143 Å². The van der Waals surface area contributed by atoms with E-state index in [0.29, 0.717) is 71.5 Å². The summed E-state index contributed by atoms with van der Waals surface area (Å²) in [7, 11) is 0. The number of carbonyl (C=O) groups excluding carboxylic acids is 3. The third kappa shape index (κ3) is 39.9. The largest absolute Gasteiger partial charge is 3.00 e. The Balaban J connectivity index is -0.000000396. The van der Waals surface area contributed by atoms with Gasteiger partial charge in [-0.1, -0.05) is 135 Å². The zero-order valence-electron chi connectivity index (χ0n) is 42.8. The Hall–Kier alpha value is -2.62. The molecule has 0 saturated heterocycles. The molecule has 0 aliphatic carbocycles. The molecule has 0 saturated carbocycles. The van der Waals surface area contributed by atoms with Gasteiger partial charge >= 0.3 is 17.4 Å². The van der Waals surface area contributed by atoms with E-state index in [1.54, 1.807) is 0 Å². The van der Waals surface area contributed by atoms with Crippen LogP contribution in [0, 0.1) is 35.5 Å². The Labute approximate surface area is 388 Å². The van der Waals surface area contributed by atoms with Crippen LogP contribution < -0.4 is 15.3 Å². The molecular weight excluding hydrogens is 772 g/mol. The van der Waals surface area contributed by atoms with Gasteiger partial charge in [-0.05, 0) is 190 Å². The summed E-state index contributed by atoms with van der Waals surface area (Å²) in [6.07, 6.45) is 19.4. The minimum atomic E-state index is -0.977. The second kappa shape index (κ2) is 37.9. The molecule has 0 rings (SSSR count). The number of allylic oxidation sites excluding steroid dienone is 9. The van der Waals surface area contributed by atoms with Crippen molar-refractivity contribution in [2.24, 2.45) is 35.5 Å². The van der Waals surface area contributed by atoms with Crippen LogP contribution in [0.3, 0.4) is 0 Å². The Morgan fingerprint density at radius 2 is 0.557 bits per heavy atom. The van der Waals surface area contributed by atoms with Crippen molar-refractivity contribution in [3.05, 3.63) is 68.4 Å². The van der Waals surface area contributed by atoms with Gasteiger partial charge in [-0.2, -0.15) is 0 Å². The van der Waals surface area contributed by atoms with Crippen LogP contribution in [0.4, 0.5) is 0 Å². The number of hydrogen-bond acceptors (Lipinski definition) is 6. The Morgan fingerprint density at radius 3 is 0.689 bits per heavy atom. The fourth-order valence-electron chi connectivity index (χ4n) is 6.62. The van der Waals surface area contributed by atoms with Gasteiger partial charge in [0.15, 0.2) is 0 Å². The molecule has 0 N–H and O–H groups in total. The van der Waals surface area contributed by atoms with Crippen LogP contribution >= 0.6 is 0 Å².